The highest BCUT2D eigenvalue weighted by molar-refractivity contribution is 7.22. The lowest BCUT2D eigenvalue weighted by Gasteiger charge is -2.17. The summed E-state index contributed by atoms with van der Waals surface area (Å²) >= 11 is 1.37. The topological polar surface area (TPSA) is 97.3 Å². The third kappa shape index (κ3) is 3.74. The van der Waals surface area contributed by atoms with Crippen molar-refractivity contribution >= 4 is 44.5 Å². The maximum atomic E-state index is 12.5. The van der Waals surface area contributed by atoms with Gasteiger partial charge in [-0.1, -0.05) is 11.3 Å². The molecule has 8 nitrogen and oxygen atoms in total. The van der Waals surface area contributed by atoms with Crippen LogP contribution in [0.15, 0.2) is 24.4 Å². The smallest absolute Gasteiger partial charge is 0.414 e. The van der Waals surface area contributed by atoms with E-state index in [0.29, 0.717) is 24.2 Å². The van der Waals surface area contributed by atoms with Crippen LogP contribution in [-0.4, -0.2) is 40.1 Å². The standard InChI is InChI=1S/C22H21N5O3S/c28-19(13-3-4-13)26-21-25-17-6-5-15(24-20(17)31-21)14-9-18-16(23-10-14)7-8-27(18)22(29)30-11-12-1-2-12/h5-6,9-10,12-13H,1-4,7-8,11H2,(H,25,26,28). The van der Waals surface area contributed by atoms with E-state index < -0.39 is 0 Å². The van der Waals surface area contributed by atoms with Crippen LogP contribution < -0.4 is 10.2 Å². The monoisotopic (exact) mass is 435 g/mol. The minimum atomic E-state index is -0.300. The van der Waals surface area contributed by atoms with Crippen molar-refractivity contribution in [3.63, 3.8) is 0 Å². The Balaban J connectivity index is 1.25. The average molecular weight is 436 g/mol. The summed E-state index contributed by atoms with van der Waals surface area (Å²) in [6.45, 7) is 1.08. The van der Waals surface area contributed by atoms with Gasteiger partial charge in [0.05, 0.1) is 23.7 Å². The molecule has 0 bridgehead atoms. The minimum Gasteiger partial charge on any atom is -0.449 e. The fraction of sp³-hybridized carbons (Fsp3) is 0.409. The third-order valence-corrected chi connectivity index (χ3v) is 6.78. The van der Waals surface area contributed by atoms with Gasteiger partial charge < -0.3 is 10.1 Å². The Morgan fingerprint density at radius 1 is 1.19 bits per heavy atom. The molecular formula is C22H21N5O3S. The summed E-state index contributed by atoms with van der Waals surface area (Å²) in [7, 11) is 0. The molecule has 3 aliphatic rings. The molecule has 9 heteroatoms. The van der Waals surface area contributed by atoms with Gasteiger partial charge in [-0.2, -0.15) is 0 Å². The Hall–Kier alpha value is -3.07. The van der Waals surface area contributed by atoms with E-state index in [1.165, 1.54) is 11.3 Å². The van der Waals surface area contributed by atoms with Crippen molar-refractivity contribution in [1.29, 1.82) is 0 Å². The number of rotatable bonds is 5. The predicted octanol–water partition coefficient (Wildman–Crippen LogP) is 4.01. The summed E-state index contributed by atoms with van der Waals surface area (Å²) in [4.78, 5) is 40.7. The molecule has 2 amide bonds. The van der Waals surface area contributed by atoms with Gasteiger partial charge >= 0.3 is 6.09 Å². The summed E-state index contributed by atoms with van der Waals surface area (Å²) < 4.78 is 5.47. The van der Waals surface area contributed by atoms with Gasteiger partial charge in [-0.3, -0.25) is 14.7 Å². The zero-order valence-electron chi connectivity index (χ0n) is 16.8. The highest BCUT2D eigenvalue weighted by Crippen LogP contribution is 2.35. The van der Waals surface area contributed by atoms with Crippen molar-refractivity contribution in [3.05, 3.63) is 30.1 Å². The van der Waals surface area contributed by atoms with Crippen molar-refractivity contribution in [3.8, 4) is 11.3 Å². The Labute approximate surface area is 182 Å². The second-order valence-electron chi connectivity index (χ2n) is 8.42. The van der Waals surface area contributed by atoms with Crippen LogP contribution in [0, 0.1) is 11.8 Å². The first kappa shape index (κ1) is 18.7. The molecule has 2 aliphatic carbocycles. The molecule has 3 aromatic rings. The van der Waals surface area contributed by atoms with Crippen molar-refractivity contribution in [2.24, 2.45) is 11.8 Å². The normalized spacial score (nSPS) is 17.6. The zero-order valence-corrected chi connectivity index (χ0v) is 17.7. The highest BCUT2D eigenvalue weighted by atomic mass is 32.1. The van der Waals surface area contributed by atoms with Crippen LogP contribution in [0.3, 0.4) is 0 Å². The van der Waals surface area contributed by atoms with E-state index in [0.717, 1.165) is 65.1 Å². The molecule has 1 N–H and O–H groups in total. The van der Waals surface area contributed by atoms with Gasteiger partial charge in [0.15, 0.2) is 5.13 Å². The van der Waals surface area contributed by atoms with Crippen LogP contribution >= 0.6 is 11.3 Å². The van der Waals surface area contributed by atoms with Crippen LogP contribution in [0.4, 0.5) is 15.6 Å². The van der Waals surface area contributed by atoms with Crippen molar-refractivity contribution in [2.75, 3.05) is 23.4 Å². The number of hydrogen-bond donors (Lipinski definition) is 1. The maximum absolute atomic E-state index is 12.5. The molecule has 3 aromatic heterocycles. The fourth-order valence-electron chi connectivity index (χ4n) is 3.71. The maximum Gasteiger partial charge on any atom is 0.414 e. The number of anilines is 2. The van der Waals surface area contributed by atoms with E-state index in [-0.39, 0.29) is 17.9 Å². The average Bonchev–Trinajstić information content (AvgIpc) is 3.70. The van der Waals surface area contributed by atoms with Gasteiger partial charge in [-0.25, -0.2) is 14.8 Å². The summed E-state index contributed by atoms with van der Waals surface area (Å²) in [5.41, 5.74) is 4.03. The van der Waals surface area contributed by atoms with E-state index in [1.54, 1.807) is 11.1 Å². The van der Waals surface area contributed by atoms with Gasteiger partial charge in [-0.05, 0) is 49.8 Å². The Kier molecular flexibility index (Phi) is 4.38. The molecule has 0 spiro atoms. The molecule has 0 saturated heterocycles. The number of carbonyl (C=O) groups excluding carboxylic acids is 2. The molecule has 2 saturated carbocycles. The first-order valence-electron chi connectivity index (χ1n) is 10.7. The molecule has 0 radical (unpaired) electrons. The second-order valence-corrected chi connectivity index (χ2v) is 9.39. The number of amides is 2. The Morgan fingerprint density at radius 3 is 2.87 bits per heavy atom. The summed E-state index contributed by atoms with van der Waals surface area (Å²) in [5, 5.41) is 3.46. The third-order valence-electron chi connectivity index (χ3n) is 5.90. The van der Waals surface area contributed by atoms with Crippen molar-refractivity contribution in [1.82, 2.24) is 15.0 Å². The van der Waals surface area contributed by atoms with Crippen molar-refractivity contribution in [2.45, 2.75) is 32.1 Å². The van der Waals surface area contributed by atoms with Gasteiger partial charge in [0, 0.05) is 30.6 Å². The molecule has 0 atom stereocenters. The molecule has 1 aliphatic heterocycles. The van der Waals surface area contributed by atoms with Crippen LogP contribution in [0.5, 0.6) is 0 Å². The van der Waals surface area contributed by atoms with E-state index in [1.807, 2.05) is 18.2 Å². The summed E-state index contributed by atoms with van der Waals surface area (Å²) in [6, 6.07) is 5.75. The molecule has 2 fully saturated rings. The molecule has 6 rings (SSSR count). The first-order chi connectivity index (χ1) is 15.1. The molecule has 158 valence electrons. The number of nitrogens with one attached hydrogen (secondary N) is 1. The number of nitrogens with zero attached hydrogens (tertiary/aromatic N) is 4. The molecular weight excluding hydrogens is 414 g/mol. The number of ether oxygens (including phenoxy) is 1. The van der Waals surface area contributed by atoms with Gasteiger partial charge in [-0.15, -0.1) is 0 Å². The van der Waals surface area contributed by atoms with Crippen LogP contribution in [0.2, 0.25) is 0 Å². The molecule has 4 heterocycles. The highest BCUT2D eigenvalue weighted by Gasteiger charge is 2.31. The van der Waals surface area contributed by atoms with E-state index in [2.05, 4.69) is 15.3 Å². The lowest BCUT2D eigenvalue weighted by atomic mass is 10.1. The number of pyridine rings is 2. The zero-order chi connectivity index (χ0) is 20.9. The van der Waals surface area contributed by atoms with E-state index in [4.69, 9.17) is 9.72 Å². The minimum absolute atomic E-state index is 0.0377. The SMILES string of the molecule is O=C(Nc1nc2ccc(-c3cnc4c(c3)N(C(=O)OCC3CC3)CC4)nc2s1)C1CC1. The Morgan fingerprint density at radius 2 is 2.06 bits per heavy atom. The first-order valence-corrected chi connectivity index (χ1v) is 11.5. The quantitative estimate of drug-likeness (QED) is 0.650. The van der Waals surface area contributed by atoms with Crippen LogP contribution in [0.1, 0.15) is 31.4 Å². The van der Waals surface area contributed by atoms with E-state index in [9.17, 15) is 9.59 Å². The lowest BCUT2D eigenvalue weighted by Crippen LogP contribution is -2.30. The molecule has 0 unspecified atom stereocenters. The number of fused-ring (bicyclic) bond motifs is 2. The molecule has 31 heavy (non-hydrogen) atoms. The van der Waals surface area contributed by atoms with E-state index >= 15 is 0 Å². The number of carbonyl (C=O) groups is 2. The number of aromatic nitrogens is 3. The van der Waals surface area contributed by atoms with Gasteiger partial charge in [0.25, 0.3) is 0 Å². The fourth-order valence-corrected chi connectivity index (χ4v) is 4.55. The van der Waals surface area contributed by atoms with Crippen molar-refractivity contribution < 1.29 is 14.3 Å². The second kappa shape index (κ2) is 7.26. The number of thiazole rings is 1. The largest absolute Gasteiger partial charge is 0.449 e. The Bertz CT molecular complexity index is 1200. The number of hydrogen-bond acceptors (Lipinski definition) is 7. The van der Waals surface area contributed by atoms with Crippen LogP contribution in [-0.2, 0) is 16.0 Å². The van der Waals surface area contributed by atoms with Gasteiger partial charge in [0.1, 0.15) is 10.3 Å². The van der Waals surface area contributed by atoms with Crippen LogP contribution in [0.25, 0.3) is 21.6 Å². The predicted molar refractivity (Wildman–Crippen MR) is 117 cm³/mol. The lowest BCUT2D eigenvalue weighted by molar-refractivity contribution is -0.117. The summed E-state index contributed by atoms with van der Waals surface area (Å²) in [5.74, 6) is 0.701. The van der Waals surface area contributed by atoms with Gasteiger partial charge in [0.2, 0.25) is 5.91 Å². The summed E-state index contributed by atoms with van der Waals surface area (Å²) in [6.07, 6.45) is 6.42. The molecule has 0 aromatic carbocycles.